The zero-order chi connectivity index (χ0) is 44.2. The molecule has 0 radical (unpaired) electrons. The van der Waals surface area contributed by atoms with Crippen molar-refractivity contribution in [3.8, 4) is 0 Å². The molecule has 0 fully saturated rings. The van der Waals surface area contributed by atoms with E-state index < -0.39 is 6.10 Å². The van der Waals surface area contributed by atoms with Gasteiger partial charge in [-0.1, -0.05) is 262 Å². The molecular formula is C56H104O5. The van der Waals surface area contributed by atoms with Crippen LogP contribution in [0.5, 0.6) is 0 Å². The largest absolute Gasteiger partial charge is 0.462 e. The van der Waals surface area contributed by atoms with Gasteiger partial charge in [-0.25, -0.2) is 0 Å². The smallest absolute Gasteiger partial charge is 0.306 e. The Hall–Kier alpha value is -1.88. The average Bonchev–Trinajstić information content (AvgIpc) is 3.26. The van der Waals surface area contributed by atoms with Gasteiger partial charge in [0.1, 0.15) is 6.61 Å². The lowest BCUT2D eigenvalue weighted by atomic mass is 10.0. The van der Waals surface area contributed by atoms with Crippen molar-refractivity contribution in [1.29, 1.82) is 0 Å². The number of carbonyl (C=O) groups is 2. The molecule has 0 bridgehead atoms. The van der Waals surface area contributed by atoms with E-state index in [0.717, 1.165) is 44.9 Å². The van der Waals surface area contributed by atoms with Crippen LogP contribution in [0.2, 0.25) is 0 Å². The number of aliphatic hydroxyl groups excluding tert-OH is 1. The van der Waals surface area contributed by atoms with Crippen LogP contribution in [-0.4, -0.2) is 36.4 Å². The van der Waals surface area contributed by atoms with E-state index >= 15 is 0 Å². The first kappa shape index (κ1) is 59.1. The second-order valence-electron chi connectivity index (χ2n) is 18.3. The van der Waals surface area contributed by atoms with Gasteiger partial charge in [-0.3, -0.25) is 9.59 Å². The Morgan fingerprint density at radius 2 is 0.656 bits per heavy atom. The van der Waals surface area contributed by atoms with Gasteiger partial charge in [0.25, 0.3) is 0 Å². The van der Waals surface area contributed by atoms with Crippen molar-refractivity contribution >= 4 is 11.9 Å². The molecule has 61 heavy (non-hydrogen) atoms. The lowest BCUT2D eigenvalue weighted by Gasteiger charge is -2.15. The summed E-state index contributed by atoms with van der Waals surface area (Å²) in [6.45, 7) is 4.17. The van der Waals surface area contributed by atoms with Crippen LogP contribution in [0.25, 0.3) is 0 Å². The molecule has 0 saturated carbocycles. The highest BCUT2D eigenvalue weighted by molar-refractivity contribution is 5.70. The molecule has 0 aliphatic rings. The van der Waals surface area contributed by atoms with Gasteiger partial charge < -0.3 is 14.6 Å². The number of rotatable bonds is 50. The third-order valence-electron chi connectivity index (χ3n) is 12.2. The van der Waals surface area contributed by atoms with E-state index in [1.165, 1.54) is 218 Å². The highest BCUT2D eigenvalue weighted by Gasteiger charge is 2.16. The van der Waals surface area contributed by atoms with Crippen molar-refractivity contribution in [3.63, 3.8) is 0 Å². The van der Waals surface area contributed by atoms with Crippen LogP contribution in [0.15, 0.2) is 36.5 Å². The standard InChI is InChI=1S/C56H104O5/c1-3-5-7-9-11-13-15-17-19-21-23-24-25-26-27-28-29-30-31-32-33-35-37-39-41-43-45-47-49-51-56(59)61-54(52-57)53-60-55(58)50-48-46-44-42-40-38-36-34-22-20-18-16-14-12-10-8-6-4-2/h15,17,21,23,25-26,54,57H,3-14,16,18-20,22,24,27-53H2,1-2H3/b17-15-,23-21-,26-25-. The molecule has 0 heterocycles. The number of ether oxygens (including phenoxy) is 2. The van der Waals surface area contributed by atoms with Crippen molar-refractivity contribution in [2.45, 2.75) is 296 Å². The summed E-state index contributed by atoms with van der Waals surface area (Å²) >= 11 is 0. The third kappa shape index (κ3) is 50.6. The first-order valence-electron chi connectivity index (χ1n) is 27.0. The molecule has 0 aromatic carbocycles. The first-order chi connectivity index (χ1) is 30.1. The minimum absolute atomic E-state index is 0.0610. The highest BCUT2D eigenvalue weighted by Crippen LogP contribution is 2.17. The van der Waals surface area contributed by atoms with Crippen molar-refractivity contribution in [2.75, 3.05) is 13.2 Å². The van der Waals surface area contributed by atoms with Crippen LogP contribution in [0.3, 0.4) is 0 Å². The molecule has 0 spiro atoms. The molecule has 0 rings (SSSR count). The second-order valence-corrected chi connectivity index (χ2v) is 18.3. The molecule has 358 valence electrons. The molecule has 0 aliphatic carbocycles. The number of carbonyl (C=O) groups excluding carboxylic acids is 2. The number of hydrogen-bond acceptors (Lipinski definition) is 5. The van der Waals surface area contributed by atoms with Gasteiger partial charge in [-0.2, -0.15) is 0 Å². The minimum Gasteiger partial charge on any atom is -0.462 e. The van der Waals surface area contributed by atoms with E-state index in [1.807, 2.05) is 0 Å². The average molecular weight is 857 g/mol. The second kappa shape index (κ2) is 52.5. The highest BCUT2D eigenvalue weighted by atomic mass is 16.6. The summed E-state index contributed by atoms with van der Waals surface area (Å²) in [5.41, 5.74) is 0. The van der Waals surface area contributed by atoms with Gasteiger partial charge >= 0.3 is 11.9 Å². The van der Waals surface area contributed by atoms with E-state index in [2.05, 4.69) is 50.3 Å². The van der Waals surface area contributed by atoms with Crippen LogP contribution in [-0.2, 0) is 19.1 Å². The molecule has 0 amide bonds. The summed E-state index contributed by atoms with van der Waals surface area (Å²) < 4.78 is 10.7. The van der Waals surface area contributed by atoms with E-state index in [4.69, 9.17) is 9.47 Å². The van der Waals surface area contributed by atoms with E-state index in [-0.39, 0.29) is 25.2 Å². The number of allylic oxidation sites excluding steroid dienone is 6. The van der Waals surface area contributed by atoms with Crippen LogP contribution >= 0.6 is 0 Å². The monoisotopic (exact) mass is 857 g/mol. The van der Waals surface area contributed by atoms with E-state index in [1.54, 1.807) is 0 Å². The molecular weight excluding hydrogens is 753 g/mol. The minimum atomic E-state index is -0.769. The van der Waals surface area contributed by atoms with Crippen LogP contribution in [0.1, 0.15) is 290 Å². The topological polar surface area (TPSA) is 72.8 Å². The number of esters is 2. The maximum Gasteiger partial charge on any atom is 0.306 e. The van der Waals surface area contributed by atoms with Crippen molar-refractivity contribution in [3.05, 3.63) is 36.5 Å². The number of aliphatic hydroxyl groups is 1. The zero-order valence-corrected chi connectivity index (χ0v) is 40.9. The molecule has 1 N–H and O–H groups in total. The molecule has 0 aromatic heterocycles. The Bertz CT molecular complexity index is 970. The summed E-state index contributed by atoms with van der Waals surface area (Å²) in [7, 11) is 0. The molecule has 5 nitrogen and oxygen atoms in total. The maximum absolute atomic E-state index is 12.3. The fourth-order valence-corrected chi connectivity index (χ4v) is 8.09. The quantitative estimate of drug-likeness (QED) is 0.0375. The predicted octanol–water partition coefficient (Wildman–Crippen LogP) is 17.9. The fourth-order valence-electron chi connectivity index (χ4n) is 8.09. The van der Waals surface area contributed by atoms with E-state index in [9.17, 15) is 14.7 Å². The predicted molar refractivity (Wildman–Crippen MR) is 265 cm³/mol. The fraction of sp³-hybridized carbons (Fsp3) is 0.857. The van der Waals surface area contributed by atoms with Gasteiger partial charge in [0.05, 0.1) is 6.61 Å². The lowest BCUT2D eigenvalue weighted by molar-refractivity contribution is -0.161. The van der Waals surface area contributed by atoms with Gasteiger partial charge in [-0.05, 0) is 51.4 Å². The Kier molecular flexibility index (Phi) is 50.8. The first-order valence-corrected chi connectivity index (χ1v) is 27.0. The summed E-state index contributed by atoms with van der Waals surface area (Å²) in [4.78, 5) is 24.5. The Morgan fingerprint density at radius 3 is 0.984 bits per heavy atom. The lowest BCUT2D eigenvalue weighted by Crippen LogP contribution is -2.28. The van der Waals surface area contributed by atoms with Crippen LogP contribution in [0.4, 0.5) is 0 Å². The SMILES string of the molecule is CCCCCCC/C=C\C/C=C\C/C=C\CCCCCCCCCCCCCCCCC(=O)OC(CO)COC(=O)CCCCCCCCCCCCCCCCCCCC. The zero-order valence-electron chi connectivity index (χ0n) is 40.9. The Balaban J connectivity index is 3.46. The third-order valence-corrected chi connectivity index (χ3v) is 12.2. The summed E-state index contributed by atoms with van der Waals surface area (Å²) in [6, 6.07) is 0. The maximum atomic E-state index is 12.3. The molecule has 5 heteroatoms. The number of unbranched alkanes of at least 4 members (excludes halogenated alkanes) is 36. The molecule has 0 aliphatic heterocycles. The molecule has 0 aromatic rings. The van der Waals surface area contributed by atoms with Gasteiger partial charge in [0.15, 0.2) is 6.10 Å². The van der Waals surface area contributed by atoms with Crippen molar-refractivity contribution < 1.29 is 24.2 Å². The van der Waals surface area contributed by atoms with Crippen LogP contribution in [0, 0.1) is 0 Å². The summed E-state index contributed by atoms with van der Waals surface area (Å²) in [5, 5.41) is 9.63. The summed E-state index contributed by atoms with van der Waals surface area (Å²) in [5.74, 6) is -0.575. The number of hydrogen-bond donors (Lipinski definition) is 1. The van der Waals surface area contributed by atoms with Crippen molar-refractivity contribution in [1.82, 2.24) is 0 Å². The Labute approximate surface area is 380 Å². The van der Waals surface area contributed by atoms with E-state index in [0.29, 0.717) is 12.8 Å². The van der Waals surface area contributed by atoms with Gasteiger partial charge in [0, 0.05) is 12.8 Å². The molecule has 1 atom stereocenters. The van der Waals surface area contributed by atoms with Gasteiger partial charge in [-0.15, -0.1) is 0 Å². The normalized spacial score (nSPS) is 12.4. The Morgan fingerprint density at radius 1 is 0.377 bits per heavy atom. The van der Waals surface area contributed by atoms with Gasteiger partial charge in [0.2, 0.25) is 0 Å². The summed E-state index contributed by atoms with van der Waals surface area (Å²) in [6.07, 6.45) is 66.8. The van der Waals surface area contributed by atoms with Crippen LogP contribution < -0.4 is 0 Å². The van der Waals surface area contributed by atoms with Crippen molar-refractivity contribution in [2.24, 2.45) is 0 Å². The molecule has 1 unspecified atom stereocenters. The molecule has 0 saturated heterocycles.